The van der Waals surface area contributed by atoms with Crippen molar-refractivity contribution in [1.82, 2.24) is 0 Å². The molecular weight excluding hydrogens is 404 g/mol. The summed E-state index contributed by atoms with van der Waals surface area (Å²) in [6.45, 7) is -0.626. The van der Waals surface area contributed by atoms with E-state index in [0.717, 1.165) is 12.1 Å². The number of halogens is 1. The van der Waals surface area contributed by atoms with E-state index in [1.807, 2.05) is 0 Å². The number of nitro groups is 1. The van der Waals surface area contributed by atoms with E-state index in [1.54, 1.807) is 18.2 Å². The second-order valence-electron chi connectivity index (χ2n) is 5.52. The predicted octanol–water partition coefficient (Wildman–Crippen LogP) is 3.46. The molecule has 0 aromatic heterocycles. The largest absolute Gasteiger partial charge is 0.493 e. The van der Waals surface area contributed by atoms with Gasteiger partial charge in [-0.3, -0.25) is 14.9 Å². The number of nitrogens with one attached hydrogen (secondary N) is 1. The highest BCUT2D eigenvalue weighted by Crippen LogP contribution is 2.28. The summed E-state index contributed by atoms with van der Waals surface area (Å²) in [7, 11) is 3.00. The van der Waals surface area contributed by atoms with Crippen LogP contribution in [0.2, 0.25) is 5.02 Å². The monoisotopic (exact) mass is 420 g/mol. The number of amides is 1. The third-order valence-corrected chi connectivity index (χ3v) is 3.83. The van der Waals surface area contributed by atoms with Gasteiger partial charge in [-0.1, -0.05) is 17.7 Å². The van der Waals surface area contributed by atoms with Crippen molar-refractivity contribution in [3.63, 3.8) is 0 Å². The topological polar surface area (TPSA) is 117 Å². The van der Waals surface area contributed by atoms with Gasteiger partial charge in [0.15, 0.2) is 18.1 Å². The molecule has 10 heteroatoms. The molecule has 0 bridgehead atoms. The Morgan fingerprint density at radius 1 is 1.14 bits per heavy atom. The van der Waals surface area contributed by atoms with Gasteiger partial charge in [0.2, 0.25) is 0 Å². The smallest absolute Gasteiger partial charge is 0.331 e. The van der Waals surface area contributed by atoms with E-state index in [0.29, 0.717) is 17.1 Å². The van der Waals surface area contributed by atoms with Gasteiger partial charge in [-0.15, -0.1) is 0 Å². The van der Waals surface area contributed by atoms with Crippen molar-refractivity contribution in [2.45, 2.75) is 0 Å². The molecule has 0 saturated carbocycles. The second kappa shape index (κ2) is 10.1. The lowest BCUT2D eigenvalue weighted by Crippen LogP contribution is -2.20. The van der Waals surface area contributed by atoms with Crippen molar-refractivity contribution >= 4 is 40.9 Å². The predicted molar refractivity (Wildman–Crippen MR) is 106 cm³/mol. The van der Waals surface area contributed by atoms with Gasteiger partial charge >= 0.3 is 5.97 Å². The quantitative estimate of drug-likeness (QED) is 0.301. The van der Waals surface area contributed by atoms with Gasteiger partial charge in [0.1, 0.15) is 5.69 Å². The summed E-state index contributed by atoms with van der Waals surface area (Å²) < 4.78 is 15.1. The Morgan fingerprint density at radius 3 is 2.52 bits per heavy atom. The third-order valence-electron chi connectivity index (χ3n) is 3.59. The first kappa shape index (κ1) is 21.7. The van der Waals surface area contributed by atoms with Crippen LogP contribution in [0.5, 0.6) is 11.5 Å². The fourth-order valence-corrected chi connectivity index (χ4v) is 2.43. The maximum Gasteiger partial charge on any atom is 0.331 e. The summed E-state index contributed by atoms with van der Waals surface area (Å²) in [6, 6.07) is 8.76. The molecule has 1 N–H and O–H groups in total. The van der Waals surface area contributed by atoms with Crippen LogP contribution in [0.25, 0.3) is 6.08 Å². The molecule has 29 heavy (non-hydrogen) atoms. The van der Waals surface area contributed by atoms with Crippen molar-refractivity contribution in [3.05, 3.63) is 63.2 Å². The van der Waals surface area contributed by atoms with Crippen LogP contribution >= 0.6 is 11.6 Å². The summed E-state index contributed by atoms with van der Waals surface area (Å²) >= 11 is 5.79. The molecule has 0 aliphatic carbocycles. The second-order valence-corrected chi connectivity index (χ2v) is 5.96. The van der Waals surface area contributed by atoms with Crippen LogP contribution in [0.15, 0.2) is 42.5 Å². The molecule has 1 amide bonds. The summed E-state index contributed by atoms with van der Waals surface area (Å²) in [5.74, 6) is -0.483. The van der Waals surface area contributed by atoms with Gasteiger partial charge in [-0.25, -0.2) is 4.79 Å². The number of nitrogens with zero attached hydrogens (tertiary/aromatic N) is 1. The standard InChI is InChI=1S/C19H17ClN2O7/c1-27-16-7-3-12(9-17(16)28-2)4-8-19(24)29-11-18(23)21-14-10-13(20)5-6-15(14)22(25)26/h3-10H,11H2,1-2H3,(H,21,23)/b8-4+. The number of anilines is 1. The van der Waals surface area contributed by atoms with Gasteiger partial charge in [0.25, 0.3) is 11.6 Å². The maximum absolute atomic E-state index is 11.9. The normalized spacial score (nSPS) is 10.4. The molecule has 0 unspecified atom stereocenters. The molecule has 9 nitrogen and oxygen atoms in total. The lowest BCUT2D eigenvalue weighted by Gasteiger charge is -2.08. The molecule has 2 aromatic carbocycles. The summed E-state index contributed by atoms with van der Waals surface area (Å²) in [5.41, 5.74) is 0.227. The minimum absolute atomic E-state index is 0.0931. The van der Waals surface area contributed by atoms with Gasteiger partial charge < -0.3 is 19.5 Å². The SMILES string of the molecule is COc1ccc(/C=C/C(=O)OCC(=O)Nc2cc(Cl)ccc2[N+](=O)[O-])cc1OC. The zero-order chi connectivity index (χ0) is 21.4. The van der Waals surface area contributed by atoms with E-state index in [9.17, 15) is 19.7 Å². The van der Waals surface area contributed by atoms with Crippen LogP contribution in [0.3, 0.4) is 0 Å². The first-order valence-electron chi connectivity index (χ1n) is 8.14. The maximum atomic E-state index is 11.9. The first-order valence-corrected chi connectivity index (χ1v) is 8.52. The van der Waals surface area contributed by atoms with E-state index in [1.165, 1.54) is 32.4 Å². The number of carbonyl (C=O) groups excluding carboxylic acids is 2. The van der Waals surface area contributed by atoms with Crippen LogP contribution in [-0.2, 0) is 14.3 Å². The highest BCUT2D eigenvalue weighted by Gasteiger charge is 2.16. The van der Waals surface area contributed by atoms with E-state index in [2.05, 4.69) is 5.32 Å². The molecule has 0 atom stereocenters. The van der Waals surface area contributed by atoms with Crippen LogP contribution < -0.4 is 14.8 Å². The Kier molecular flexibility index (Phi) is 7.55. The Labute approximate surface area is 171 Å². The molecule has 0 heterocycles. The number of ether oxygens (including phenoxy) is 3. The third kappa shape index (κ3) is 6.22. The number of rotatable bonds is 8. The fraction of sp³-hybridized carbons (Fsp3) is 0.158. The number of benzene rings is 2. The molecule has 2 rings (SSSR count). The zero-order valence-corrected chi connectivity index (χ0v) is 16.3. The van der Waals surface area contributed by atoms with Gasteiger partial charge in [0, 0.05) is 17.2 Å². The van der Waals surface area contributed by atoms with Gasteiger partial charge in [-0.2, -0.15) is 0 Å². The Morgan fingerprint density at radius 2 is 1.86 bits per heavy atom. The lowest BCUT2D eigenvalue weighted by atomic mass is 10.2. The van der Waals surface area contributed by atoms with Gasteiger partial charge in [-0.05, 0) is 35.9 Å². The molecule has 0 saturated heterocycles. The average Bonchev–Trinajstić information content (AvgIpc) is 2.70. The average molecular weight is 421 g/mol. The number of hydrogen-bond donors (Lipinski definition) is 1. The van der Waals surface area contributed by atoms with E-state index < -0.39 is 23.4 Å². The Bertz CT molecular complexity index is 960. The van der Waals surface area contributed by atoms with Crippen molar-refractivity contribution in [2.24, 2.45) is 0 Å². The molecule has 0 aliphatic rings. The molecule has 0 aliphatic heterocycles. The lowest BCUT2D eigenvalue weighted by molar-refractivity contribution is -0.383. The van der Waals surface area contributed by atoms with E-state index in [4.69, 9.17) is 25.8 Å². The summed E-state index contributed by atoms with van der Waals surface area (Å²) in [5, 5.41) is 13.5. The fourth-order valence-electron chi connectivity index (χ4n) is 2.26. The molecule has 0 fully saturated rings. The Hall–Kier alpha value is -3.59. The zero-order valence-electron chi connectivity index (χ0n) is 15.5. The van der Waals surface area contributed by atoms with Crippen molar-refractivity contribution in [1.29, 1.82) is 0 Å². The van der Waals surface area contributed by atoms with E-state index in [-0.39, 0.29) is 16.4 Å². The number of methoxy groups -OCH3 is 2. The first-order chi connectivity index (χ1) is 13.8. The van der Waals surface area contributed by atoms with Crippen molar-refractivity contribution < 1.29 is 28.7 Å². The summed E-state index contributed by atoms with van der Waals surface area (Å²) in [6.07, 6.45) is 2.61. The minimum Gasteiger partial charge on any atom is -0.493 e. The van der Waals surface area contributed by atoms with Crippen LogP contribution in [0.4, 0.5) is 11.4 Å². The van der Waals surface area contributed by atoms with Crippen molar-refractivity contribution in [3.8, 4) is 11.5 Å². The molecule has 152 valence electrons. The number of hydrogen-bond acceptors (Lipinski definition) is 7. The molecule has 2 aromatic rings. The highest BCUT2D eigenvalue weighted by atomic mass is 35.5. The Balaban J connectivity index is 1.94. The van der Waals surface area contributed by atoms with Gasteiger partial charge in [0.05, 0.1) is 19.1 Å². The number of carbonyl (C=O) groups is 2. The minimum atomic E-state index is -0.768. The number of nitro benzene ring substituents is 1. The molecule has 0 spiro atoms. The van der Waals surface area contributed by atoms with Crippen LogP contribution in [0.1, 0.15) is 5.56 Å². The van der Waals surface area contributed by atoms with Crippen molar-refractivity contribution in [2.75, 3.05) is 26.1 Å². The van der Waals surface area contributed by atoms with E-state index >= 15 is 0 Å². The molecule has 0 radical (unpaired) electrons. The number of esters is 1. The molecular formula is C19H17ClN2O7. The van der Waals surface area contributed by atoms with Crippen LogP contribution in [0, 0.1) is 10.1 Å². The van der Waals surface area contributed by atoms with Crippen LogP contribution in [-0.4, -0.2) is 37.6 Å². The summed E-state index contributed by atoms with van der Waals surface area (Å²) in [4.78, 5) is 34.1. The highest BCUT2D eigenvalue weighted by molar-refractivity contribution is 6.31.